The van der Waals surface area contributed by atoms with Crippen LogP contribution in [-0.4, -0.2) is 56.6 Å². The predicted molar refractivity (Wildman–Crippen MR) is 139 cm³/mol. The Kier molecular flexibility index (Phi) is 6.85. The number of ether oxygens (including phenoxy) is 1. The SMILES string of the molecule is Cc1ccc(C(CC(=O)O)c2ccn3c(C(F)(F)F)nnc3c2C)nc1CN1CC2(CC2)Oc2ncc(F)cc2[S+]1[O-]. The summed E-state index contributed by atoms with van der Waals surface area (Å²) in [5.41, 5.74) is 1.76. The topological polar surface area (TPSA) is 129 Å². The van der Waals surface area contributed by atoms with E-state index in [0.29, 0.717) is 35.4 Å². The Bertz CT molecular complexity index is 1710. The first-order valence-electron chi connectivity index (χ1n) is 13.0. The van der Waals surface area contributed by atoms with E-state index in [0.717, 1.165) is 22.2 Å². The second-order valence-corrected chi connectivity index (χ2v) is 12.0. The summed E-state index contributed by atoms with van der Waals surface area (Å²) in [5.74, 6) is -3.66. The molecule has 5 heterocycles. The summed E-state index contributed by atoms with van der Waals surface area (Å²) in [7, 11) is 0. The number of halogens is 4. The Morgan fingerprint density at radius 2 is 2.00 bits per heavy atom. The van der Waals surface area contributed by atoms with Crippen LogP contribution >= 0.6 is 0 Å². The van der Waals surface area contributed by atoms with Crippen LogP contribution in [0, 0.1) is 19.7 Å². The van der Waals surface area contributed by atoms with Gasteiger partial charge in [-0.25, -0.2) is 9.37 Å². The van der Waals surface area contributed by atoms with Gasteiger partial charge in [-0.1, -0.05) is 6.07 Å². The number of carboxylic acid groups (broad SMARTS) is 1. The van der Waals surface area contributed by atoms with Crippen molar-refractivity contribution in [1.82, 2.24) is 28.9 Å². The molecular formula is C27H24F4N6O4S. The summed E-state index contributed by atoms with van der Waals surface area (Å²) >= 11 is -1.82. The molecule has 15 heteroatoms. The van der Waals surface area contributed by atoms with Gasteiger partial charge in [0.2, 0.25) is 10.7 Å². The molecule has 6 rings (SSSR count). The standard InChI is InChI=1S/C27H24F4N6O4S/c1-14-3-4-19(18(10-22(38)39)17-5-8-37-23(15(17)2)34-35-25(37)27(29,30)31)33-20(14)12-36-13-26(6-7-26)41-24-21(42(36)40)9-16(28)11-32-24/h3-5,8-9,11,18H,6-7,10,12-13H2,1-2H3,(H,38,39). The van der Waals surface area contributed by atoms with Gasteiger partial charge in [0, 0.05) is 23.9 Å². The Morgan fingerprint density at radius 3 is 2.69 bits per heavy atom. The van der Waals surface area contributed by atoms with Crippen molar-refractivity contribution in [2.75, 3.05) is 6.54 Å². The molecular weight excluding hydrogens is 580 g/mol. The van der Waals surface area contributed by atoms with Gasteiger partial charge in [-0.2, -0.15) is 13.2 Å². The Hall–Kier alpha value is -3.82. The molecule has 220 valence electrons. The smallest absolute Gasteiger partial charge is 0.452 e. The van der Waals surface area contributed by atoms with E-state index in [1.54, 1.807) is 23.4 Å². The number of aromatic nitrogens is 5. The molecule has 4 aromatic heterocycles. The summed E-state index contributed by atoms with van der Waals surface area (Å²) in [5, 5.41) is 16.7. The van der Waals surface area contributed by atoms with Crippen LogP contribution in [0.4, 0.5) is 17.6 Å². The third-order valence-corrected chi connectivity index (χ3v) is 8.97. The number of aliphatic carboxylic acids is 1. The maximum atomic E-state index is 14.0. The minimum absolute atomic E-state index is 0.0447. The molecule has 2 atom stereocenters. The highest BCUT2D eigenvalue weighted by molar-refractivity contribution is 7.89. The summed E-state index contributed by atoms with van der Waals surface area (Å²) in [6.07, 6.45) is -1.49. The molecule has 2 aliphatic rings. The number of rotatable bonds is 6. The van der Waals surface area contributed by atoms with E-state index < -0.39 is 53.1 Å². The molecule has 1 fully saturated rings. The lowest BCUT2D eigenvalue weighted by Crippen LogP contribution is -2.38. The van der Waals surface area contributed by atoms with E-state index >= 15 is 0 Å². The van der Waals surface area contributed by atoms with E-state index in [2.05, 4.69) is 15.2 Å². The van der Waals surface area contributed by atoms with E-state index in [9.17, 15) is 32.0 Å². The van der Waals surface area contributed by atoms with Gasteiger partial charge in [0.25, 0.3) is 5.88 Å². The molecule has 1 aliphatic carbocycles. The first-order chi connectivity index (χ1) is 19.8. The molecule has 1 aliphatic heterocycles. The molecule has 42 heavy (non-hydrogen) atoms. The van der Waals surface area contributed by atoms with Crippen LogP contribution in [-0.2, 0) is 28.9 Å². The molecule has 1 spiro atoms. The molecule has 2 unspecified atom stereocenters. The van der Waals surface area contributed by atoms with Crippen LogP contribution in [0.3, 0.4) is 0 Å². The predicted octanol–water partition coefficient (Wildman–Crippen LogP) is 4.35. The number of hydrogen-bond acceptors (Lipinski definition) is 8. The zero-order valence-electron chi connectivity index (χ0n) is 22.4. The van der Waals surface area contributed by atoms with Crippen LogP contribution in [0.25, 0.3) is 5.65 Å². The second-order valence-electron chi connectivity index (χ2n) is 10.6. The van der Waals surface area contributed by atoms with Crippen molar-refractivity contribution in [2.45, 2.75) is 62.2 Å². The number of nitrogens with zero attached hydrogens (tertiary/aromatic N) is 6. The Morgan fingerprint density at radius 1 is 1.24 bits per heavy atom. The van der Waals surface area contributed by atoms with Gasteiger partial charge in [0.05, 0.1) is 42.8 Å². The summed E-state index contributed by atoms with van der Waals surface area (Å²) < 4.78 is 76.3. The summed E-state index contributed by atoms with van der Waals surface area (Å²) in [6, 6.07) is 5.99. The number of hydrogen-bond donors (Lipinski definition) is 1. The van der Waals surface area contributed by atoms with E-state index in [4.69, 9.17) is 9.72 Å². The molecule has 4 aromatic rings. The van der Waals surface area contributed by atoms with Crippen LogP contribution < -0.4 is 4.74 Å². The quantitative estimate of drug-likeness (QED) is 0.252. The van der Waals surface area contributed by atoms with Gasteiger partial charge in [-0.15, -0.1) is 14.5 Å². The third kappa shape index (κ3) is 5.16. The van der Waals surface area contributed by atoms with Gasteiger partial charge in [-0.05, 0) is 55.5 Å². The Labute approximate surface area is 239 Å². The zero-order chi connectivity index (χ0) is 30.0. The monoisotopic (exact) mass is 604 g/mol. The van der Waals surface area contributed by atoms with Gasteiger partial charge in [-0.3, -0.25) is 14.2 Å². The zero-order valence-corrected chi connectivity index (χ0v) is 23.2. The van der Waals surface area contributed by atoms with Gasteiger partial charge >= 0.3 is 12.1 Å². The van der Waals surface area contributed by atoms with Crippen molar-refractivity contribution < 1.29 is 36.8 Å². The molecule has 0 amide bonds. The lowest BCUT2D eigenvalue weighted by molar-refractivity contribution is -0.145. The van der Waals surface area contributed by atoms with Crippen LogP contribution in [0.2, 0.25) is 0 Å². The average molecular weight is 605 g/mol. The Balaban J connectivity index is 1.37. The molecule has 0 aromatic carbocycles. The molecule has 10 nitrogen and oxygen atoms in total. The van der Waals surface area contributed by atoms with Crippen LogP contribution in [0.15, 0.2) is 41.6 Å². The average Bonchev–Trinajstić information content (AvgIpc) is 3.54. The fourth-order valence-electron chi connectivity index (χ4n) is 5.21. The van der Waals surface area contributed by atoms with E-state index in [1.807, 2.05) is 6.92 Å². The molecule has 1 N–H and O–H groups in total. The molecule has 0 radical (unpaired) electrons. The van der Waals surface area contributed by atoms with Crippen molar-refractivity contribution in [3.05, 3.63) is 76.4 Å². The van der Waals surface area contributed by atoms with Crippen molar-refractivity contribution in [2.24, 2.45) is 0 Å². The van der Waals surface area contributed by atoms with Crippen molar-refractivity contribution in [3.8, 4) is 5.88 Å². The van der Waals surface area contributed by atoms with Gasteiger partial charge in [0.1, 0.15) is 11.4 Å². The van der Waals surface area contributed by atoms with E-state index in [-0.39, 0.29) is 29.5 Å². The minimum atomic E-state index is -4.72. The van der Waals surface area contributed by atoms with Crippen LogP contribution in [0.5, 0.6) is 5.88 Å². The highest BCUT2D eigenvalue weighted by Crippen LogP contribution is 2.46. The third-order valence-electron chi connectivity index (χ3n) is 7.57. The molecule has 0 saturated heterocycles. The highest BCUT2D eigenvalue weighted by atomic mass is 32.2. The number of fused-ring (bicyclic) bond motifs is 2. The molecule has 0 bridgehead atoms. The van der Waals surface area contributed by atoms with Crippen LogP contribution in [0.1, 0.15) is 59.1 Å². The lowest BCUT2D eigenvalue weighted by Gasteiger charge is -2.25. The normalized spacial score (nSPS) is 18.9. The largest absolute Gasteiger partial charge is 0.593 e. The number of carboxylic acids is 1. The maximum absolute atomic E-state index is 14.0. The maximum Gasteiger partial charge on any atom is 0.452 e. The first-order valence-corrected chi connectivity index (χ1v) is 14.1. The van der Waals surface area contributed by atoms with Crippen molar-refractivity contribution in [1.29, 1.82) is 0 Å². The molecule has 1 saturated carbocycles. The lowest BCUT2D eigenvalue weighted by atomic mass is 9.89. The first kappa shape index (κ1) is 28.3. The highest BCUT2D eigenvalue weighted by Gasteiger charge is 2.53. The van der Waals surface area contributed by atoms with Crippen molar-refractivity contribution in [3.63, 3.8) is 0 Å². The van der Waals surface area contributed by atoms with Gasteiger partial charge in [0.15, 0.2) is 5.65 Å². The number of alkyl halides is 3. The summed E-state index contributed by atoms with van der Waals surface area (Å²) in [6.45, 7) is 3.74. The number of pyridine rings is 3. The van der Waals surface area contributed by atoms with Gasteiger partial charge < -0.3 is 14.4 Å². The second kappa shape index (κ2) is 10.2. The van der Waals surface area contributed by atoms with E-state index in [1.165, 1.54) is 12.3 Å². The number of carbonyl (C=O) groups is 1. The number of aryl methyl sites for hydroxylation is 2. The van der Waals surface area contributed by atoms with Crippen molar-refractivity contribution >= 4 is 23.0 Å². The minimum Gasteiger partial charge on any atom is -0.593 e. The fourth-order valence-corrected chi connectivity index (χ4v) is 6.53. The fraction of sp³-hybridized carbons (Fsp3) is 0.370. The summed E-state index contributed by atoms with van der Waals surface area (Å²) in [4.78, 5) is 20.8.